The van der Waals surface area contributed by atoms with Gasteiger partial charge in [0.15, 0.2) is 0 Å². The maximum absolute atomic E-state index is 5.66. The summed E-state index contributed by atoms with van der Waals surface area (Å²) in [7, 11) is 0. The third-order valence-electron chi connectivity index (χ3n) is 3.51. The Labute approximate surface area is 125 Å². The van der Waals surface area contributed by atoms with Crippen molar-refractivity contribution in [2.24, 2.45) is 11.7 Å². The van der Waals surface area contributed by atoms with Crippen molar-refractivity contribution in [3.05, 3.63) is 24.0 Å². The van der Waals surface area contributed by atoms with Gasteiger partial charge in [-0.3, -0.25) is 0 Å². The molecule has 0 aromatic carbocycles. The van der Waals surface area contributed by atoms with Crippen molar-refractivity contribution in [3.8, 4) is 11.5 Å². The van der Waals surface area contributed by atoms with Crippen molar-refractivity contribution in [1.82, 2.24) is 20.1 Å². The summed E-state index contributed by atoms with van der Waals surface area (Å²) in [6.07, 6.45) is 6.96. The zero-order valence-corrected chi connectivity index (χ0v) is 12.7. The van der Waals surface area contributed by atoms with Crippen LogP contribution in [0, 0.1) is 12.8 Å². The minimum atomic E-state index is 0.529. The second kappa shape index (κ2) is 7.83. The molecule has 0 spiro atoms. The molecule has 1 atom stereocenters. The van der Waals surface area contributed by atoms with E-state index in [9.17, 15) is 0 Å². The molecule has 2 aromatic rings. The fraction of sp³-hybridized carbons (Fsp3) is 0.600. The van der Waals surface area contributed by atoms with E-state index in [1.165, 1.54) is 12.8 Å². The summed E-state index contributed by atoms with van der Waals surface area (Å²) in [6, 6.07) is 1.79. The largest absolute Gasteiger partial charge is 0.339 e. The molecule has 1 unspecified atom stereocenters. The fourth-order valence-electron chi connectivity index (χ4n) is 2.45. The third kappa shape index (κ3) is 4.60. The molecule has 0 aliphatic rings. The van der Waals surface area contributed by atoms with Crippen molar-refractivity contribution >= 4 is 0 Å². The van der Waals surface area contributed by atoms with Gasteiger partial charge in [0, 0.05) is 12.6 Å². The zero-order valence-electron chi connectivity index (χ0n) is 12.7. The molecule has 0 saturated carbocycles. The topological polar surface area (TPSA) is 90.7 Å². The average molecular weight is 289 g/mol. The van der Waals surface area contributed by atoms with E-state index in [0.717, 1.165) is 25.8 Å². The lowest BCUT2D eigenvalue weighted by atomic mass is 9.94. The third-order valence-corrected chi connectivity index (χ3v) is 3.51. The highest BCUT2D eigenvalue weighted by molar-refractivity contribution is 5.46. The molecule has 2 aromatic heterocycles. The Bertz CT molecular complexity index is 549. The fourth-order valence-corrected chi connectivity index (χ4v) is 2.45. The molecule has 0 saturated heterocycles. The van der Waals surface area contributed by atoms with E-state index in [-0.39, 0.29) is 0 Å². The van der Waals surface area contributed by atoms with Gasteiger partial charge in [-0.2, -0.15) is 4.98 Å². The number of aryl methyl sites for hydroxylation is 2. The van der Waals surface area contributed by atoms with Crippen molar-refractivity contribution < 1.29 is 4.52 Å². The normalized spacial score (nSPS) is 12.5. The van der Waals surface area contributed by atoms with E-state index < -0.39 is 0 Å². The summed E-state index contributed by atoms with van der Waals surface area (Å²) in [5.74, 6) is 2.53. The molecular weight excluding hydrogens is 266 g/mol. The van der Waals surface area contributed by atoms with Crippen LogP contribution in [0.5, 0.6) is 0 Å². The van der Waals surface area contributed by atoms with Gasteiger partial charge < -0.3 is 10.3 Å². The molecule has 0 amide bonds. The Balaban J connectivity index is 1.96. The van der Waals surface area contributed by atoms with Crippen LogP contribution in [0.3, 0.4) is 0 Å². The molecule has 0 aliphatic carbocycles. The maximum atomic E-state index is 5.66. The number of hydrogen-bond acceptors (Lipinski definition) is 6. The molecule has 0 bridgehead atoms. The highest BCUT2D eigenvalue weighted by atomic mass is 16.5. The van der Waals surface area contributed by atoms with Crippen molar-refractivity contribution in [1.29, 1.82) is 0 Å². The molecule has 114 valence electrons. The molecule has 0 radical (unpaired) electrons. The van der Waals surface area contributed by atoms with Gasteiger partial charge in [-0.05, 0) is 38.3 Å². The first-order valence-corrected chi connectivity index (χ1v) is 7.55. The number of rotatable bonds is 8. The molecule has 0 fully saturated rings. The second-order valence-electron chi connectivity index (χ2n) is 5.27. The summed E-state index contributed by atoms with van der Waals surface area (Å²) < 4.78 is 5.31. The number of aromatic nitrogens is 4. The lowest BCUT2D eigenvalue weighted by Gasteiger charge is -2.13. The summed E-state index contributed by atoms with van der Waals surface area (Å²) in [5.41, 5.74) is 6.36. The minimum Gasteiger partial charge on any atom is -0.339 e. The standard InChI is InChI=1S/C15H23N5O/c1-3-4-12(7-9-16)5-6-14-19-15(20-21-14)13-8-10-17-11(2)18-13/h8,10,12H,3-7,9,16H2,1-2H3. The average Bonchev–Trinajstić information content (AvgIpc) is 2.94. The van der Waals surface area contributed by atoms with E-state index in [1.807, 2.05) is 6.92 Å². The second-order valence-corrected chi connectivity index (χ2v) is 5.27. The predicted molar refractivity (Wildman–Crippen MR) is 80.5 cm³/mol. The predicted octanol–water partition coefficient (Wildman–Crippen LogP) is 2.53. The SMILES string of the molecule is CCCC(CCN)CCc1nc(-c2ccnc(C)n2)no1. The van der Waals surface area contributed by atoms with Crippen molar-refractivity contribution in [2.75, 3.05) is 6.54 Å². The van der Waals surface area contributed by atoms with Crippen LogP contribution in [-0.4, -0.2) is 26.7 Å². The van der Waals surface area contributed by atoms with E-state index in [4.69, 9.17) is 10.3 Å². The van der Waals surface area contributed by atoms with Crippen LogP contribution in [0.1, 0.15) is 44.3 Å². The Kier molecular flexibility index (Phi) is 5.80. The van der Waals surface area contributed by atoms with Gasteiger partial charge in [-0.1, -0.05) is 24.9 Å². The van der Waals surface area contributed by atoms with Crippen LogP contribution in [0.15, 0.2) is 16.8 Å². The van der Waals surface area contributed by atoms with Gasteiger partial charge in [-0.15, -0.1) is 0 Å². The minimum absolute atomic E-state index is 0.529. The Morgan fingerprint density at radius 3 is 2.81 bits per heavy atom. The molecule has 21 heavy (non-hydrogen) atoms. The van der Waals surface area contributed by atoms with Gasteiger partial charge >= 0.3 is 0 Å². The Hall–Kier alpha value is -1.82. The highest BCUT2D eigenvalue weighted by Crippen LogP contribution is 2.19. The first-order valence-electron chi connectivity index (χ1n) is 7.55. The van der Waals surface area contributed by atoms with Crippen LogP contribution in [0.2, 0.25) is 0 Å². The quantitative estimate of drug-likeness (QED) is 0.803. The summed E-state index contributed by atoms with van der Waals surface area (Å²) in [5, 5.41) is 4.00. The van der Waals surface area contributed by atoms with Crippen LogP contribution >= 0.6 is 0 Å². The van der Waals surface area contributed by atoms with E-state index in [2.05, 4.69) is 27.0 Å². The van der Waals surface area contributed by atoms with Crippen LogP contribution < -0.4 is 5.73 Å². The molecule has 0 aliphatic heterocycles. The van der Waals surface area contributed by atoms with Gasteiger partial charge in [0.1, 0.15) is 11.5 Å². The van der Waals surface area contributed by atoms with Gasteiger partial charge in [0.05, 0.1) is 0 Å². The van der Waals surface area contributed by atoms with Gasteiger partial charge in [0.2, 0.25) is 11.7 Å². The monoisotopic (exact) mass is 289 g/mol. The van der Waals surface area contributed by atoms with Gasteiger partial charge in [0.25, 0.3) is 0 Å². The first-order chi connectivity index (χ1) is 10.2. The zero-order chi connectivity index (χ0) is 15.1. The summed E-state index contributed by atoms with van der Waals surface area (Å²) in [4.78, 5) is 12.8. The molecule has 6 nitrogen and oxygen atoms in total. The van der Waals surface area contributed by atoms with Crippen LogP contribution in [0.4, 0.5) is 0 Å². The smallest absolute Gasteiger partial charge is 0.227 e. The summed E-state index contributed by atoms with van der Waals surface area (Å²) in [6.45, 7) is 4.78. The molecule has 2 N–H and O–H groups in total. The Morgan fingerprint density at radius 2 is 2.10 bits per heavy atom. The van der Waals surface area contributed by atoms with E-state index in [1.54, 1.807) is 12.3 Å². The highest BCUT2D eigenvalue weighted by Gasteiger charge is 2.13. The molecule has 6 heteroatoms. The lowest BCUT2D eigenvalue weighted by molar-refractivity contribution is 0.349. The first kappa shape index (κ1) is 15.6. The van der Waals surface area contributed by atoms with Crippen molar-refractivity contribution in [2.45, 2.75) is 46.0 Å². The number of nitrogens with zero attached hydrogens (tertiary/aromatic N) is 4. The Morgan fingerprint density at radius 1 is 1.24 bits per heavy atom. The molecule has 2 heterocycles. The number of nitrogens with two attached hydrogens (primary N) is 1. The van der Waals surface area contributed by atoms with Crippen LogP contribution in [-0.2, 0) is 6.42 Å². The van der Waals surface area contributed by atoms with Crippen LogP contribution in [0.25, 0.3) is 11.5 Å². The van der Waals surface area contributed by atoms with Crippen molar-refractivity contribution in [3.63, 3.8) is 0 Å². The molecule has 2 rings (SSSR count). The lowest BCUT2D eigenvalue weighted by Crippen LogP contribution is -2.09. The van der Waals surface area contributed by atoms with Gasteiger partial charge in [-0.25, -0.2) is 9.97 Å². The number of hydrogen-bond donors (Lipinski definition) is 1. The summed E-state index contributed by atoms with van der Waals surface area (Å²) >= 11 is 0. The van der Waals surface area contributed by atoms with E-state index in [0.29, 0.717) is 29.2 Å². The van der Waals surface area contributed by atoms with E-state index >= 15 is 0 Å². The molecular formula is C15H23N5O. The maximum Gasteiger partial charge on any atom is 0.227 e.